The van der Waals surface area contributed by atoms with Gasteiger partial charge in [-0.25, -0.2) is 0 Å². The summed E-state index contributed by atoms with van der Waals surface area (Å²) < 4.78 is 5.80. The second-order valence-corrected chi connectivity index (χ2v) is 7.61. The highest BCUT2D eigenvalue weighted by Gasteiger charge is 2.19. The first-order valence-electron chi connectivity index (χ1n) is 10.4. The number of hydrogen-bond donors (Lipinski definition) is 2. The summed E-state index contributed by atoms with van der Waals surface area (Å²) in [6.07, 6.45) is 0.299. The van der Waals surface area contributed by atoms with Crippen molar-refractivity contribution in [3.8, 4) is 5.75 Å². The van der Waals surface area contributed by atoms with Crippen LogP contribution in [0.4, 0.5) is 0 Å². The van der Waals surface area contributed by atoms with Crippen molar-refractivity contribution in [2.75, 3.05) is 0 Å². The number of rotatable bonds is 8. The van der Waals surface area contributed by atoms with Gasteiger partial charge in [0.15, 0.2) is 0 Å². The molecule has 0 heterocycles. The first-order valence-corrected chi connectivity index (χ1v) is 10.4. The molecule has 0 radical (unpaired) electrons. The minimum Gasteiger partial charge on any atom is -0.489 e. The van der Waals surface area contributed by atoms with Crippen LogP contribution in [0.15, 0.2) is 97.1 Å². The van der Waals surface area contributed by atoms with Gasteiger partial charge >= 0.3 is 0 Å². The summed E-state index contributed by atoms with van der Waals surface area (Å²) in [6.45, 7) is 0.478. The summed E-state index contributed by atoms with van der Waals surface area (Å²) in [6, 6.07) is 29.8. The van der Waals surface area contributed by atoms with Crippen molar-refractivity contribution < 1.29 is 14.3 Å². The van der Waals surface area contributed by atoms with E-state index in [2.05, 4.69) is 5.32 Å². The Labute approximate surface area is 186 Å². The highest BCUT2D eigenvalue weighted by Crippen LogP contribution is 2.17. The van der Waals surface area contributed by atoms with Crippen molar-refractivity contribution in [2.45, 2.75) is 19.1 Å². The Morgan fingerprint density at radius 3 is 2.19 bits per heavy atom. The summed E-state index contributed by atoms with van der Waals surface area (Å²) in [5.74, 6) is -0.181. The lowest BCUT2D eigenvalue weighted by Crippen LogP contribution is -2.45. The fraction of sp³-hybridized carbons (Fsp3) is 0.111. The number of ether oxygens (including phenoxy) is 1. The monoisotopic (exact) mass is 424 g/mol. The van der Waals surface area contributed by atoms with E-state index >= 15 is 0 Å². The van der Waals surface area contributed by atoms with E-state index in [1.165, 1.54) is 0 Å². The molecule has 1 atom stereocenters. The van der Waals surface area contributed by atoms with Crippen molar-refractivity contribution >= 4 is 22.6 Å². The van der Waals surface area contributed by atoms with Gasteiger partial charge in [-0.15, -0.1) is 0 Å². The molecule has 0 aliphatic rings. The predicted octanol–water partition coefficient (Wildman–Crippen LogP) is 4.25. The number of carbonyl (C=O) groups is 2. The molecule has 0 saturated heterocycles. The van der Waals surface area contributed by atoms with Crippen LogP contribution in [0.2, 0.25) is 0 Å². The normalized spacial score (nSPS) is 11.6. The van der Waals surface area contributed by atoms with Gasteiger partial charge in [-0.1, -0.05) is 72.8 Å². The number of primary amides is 1. The number of nitrogens with two attached hydrogens (primary N) is 1. The molecule has 0 unspecified atom stereocenters. The number of amides is 2. The summed E-state index contributed by atoms with van der Waals surface area (Å²) in [5, 5.41) is 4.77. The highest BCUT2D eigenvalue weighted by atomic mass is 16.5. The van der Waals surface area contributed by atoms with E-state index in [1.807, 2.05) is 91.0 Å². The molecule has 0 aromatic heterocycles. The SMILES string of the molecule is NC(=O)[C@H](Cc1ccc(OCc2ccccc2)cc1)NC(=O)c1ccc2ccccc2c1. The topological polar surface area (TPSA) is 81.4 Å². The van der Waals surface area contributed by atoms with Crippen LogP contribution < -0.4 is 15.8 Å². The molecule has 0 spiro atoms. The third-order valence-electron chi connectivity index (χ3n) is 5.27. The summed E-state index contributed by atoms with van der Waals surface area (Å²) in [4.78, 5) is 24.7. The lowest BCUT2D eigenvalue weighted by atomic mass is 10.0. The molecule has 4 aromatic carbocycles. The molecule has 0 aliphatic heterocycles. The lowest BCUT2D eigenvalue weighted by molar-refractivity contribution is -0.119. The van der Waals surface area contributed by atoms with Crippen LogP contribution in [0.1, 0.15) is 21.5 Å². The summed E-state index contributed by atoms with van der Waals surface area (Å²) >= 11 is 0. The van der Waals surface area contributed by atoms with Crippen molar-refractivity contribution in [3.63, 3.8) is 0 Å². The third-order valence-corrected chi connectivity index (χ3v) is 5.27. The van der Waals surface area contributed by atoms with Gasteiger partial charge in [0.2, 0.25) is 5.91 Å². The molecular formula is C27H24N2O3. The van der Waals surface area contributed by atoms with Crippen LogP contribution in [0.3, 0.4) is 0 Å². The maximum absolute atomic E-state index is 12.7. The van der Waals surface area contributed by atoms with Crippen LogP contribution in [-0.2, 0) is 17.8 Å². The van der Waals surface area contributed by atoms with Crippen molar-refractivity contribution in [2.24, 2.45) is 5.73 Å². The third kappa shape index (κ3) is 5.32. The van der Waals surface area contributed by atoms with Gasteiger partial charge in [-0.3, -0.25) is 9.59 Å². The molecule has 160 valence electrons. The van der Waals surface area contributed by atoms with E-state index in [0.29, 0.717) is 18.6 Å². The standard InChI is InChI=1S/C27H24N2O3/c28-26(30)25(29-27(31)23-13-12-21-8-4-5-9-22(21)17-23)16-19-10-14-24(15-11-19)32-18-20-6-2-1-3-7-20/h1-15,17,25H,16,18H2,(H2,28,30)(H,29,31)/t25-/m0/s1. The zero-order valence-electron chi connectivity index (χ0n) is 17.5. The largest absolute Gasteiger partial charge is 0.489 e. The molecule has 5 heteroatoms. The second-order valence-electron chi connectivity index (χ2n) is 7.61. The van der Waals surface area contributed by atoms with E-state index in [4.69, 9.17) is 10.5 Å². The molecule has 2 amide bonds. The quantitative estimate of drug-likeness (QED) is 0.444. The minimum absolute atomic E-state index is 0.299. The zero-order chi connectivity index (χ0) is 22.3. The van der Waals surface area contributed by atoms with Crippen LogP contribution >= 0.6 is 0 Å². The van der Waals surface area contributed by atoms with Crippen LogP contribution in [0.5, 0.6) is 5.75 Å². The Morgan fingerprint density at radius 2 is 1.47 bits per heavy atom. The molecule has 0 bridgehead atoms. The van der Waals surface area contributed by atoms with E-state index in [1.54, 1.807) is 6.07 Å². The van der Waals surface area contributed by atoms with Gasteiger partial charge in [-0.05, 0) is 46.2 Å². The predicted molar refractivity (Wildman–Crippen MR) is 125 cm³/mol. The van der Waals surface area contributed by atoms with Crippen LogP contribution in [0.25, 0.3) is 10.8 Å². The van der Waals surface area contributed by atoms with Crippen molar-refractivity contribution in [1.82, 2.24) is 5.32 Å². The Balaban J connectivity index is 1.39. The first kappa shape index (κ1) is 21.1. The smallest absolute Gasteiger partial charge is 0.251 e. The maximum Gasteiger partial charge on any atom is 0.251 e. The Hall–Kier alpha value is -4.12. The van der Waals surface area contributed by atoms with E-state index in [-0.39, 0.29) is 5.91 Å². The van der Waals surface area contributed by atoms with Gasteiger partial charge < -0.3 is 15.8 Å². The fourth-order valence-corrected chi connectivity index (χ4v) is 3.49. The molecule has 4 aromatic rings. The van der Waals surface area contributed by atoms with Crippen molar-refractivity contribution in [3.05, 3.63) is 114 Å². The number of carbonyl (C=O) groups excluding carboxylic acids is 2. The minimum atomic E-state index is -0.815. The Morgan fingerprint density at radius 1 is 0.781 bits per heavy atom. The zero-order valence-corrected chi connectivity index (χ0v) is 17.5. The van der Waals surface area contributed by atoms with E-state index in [0.717, 1.165) is 27.6 Å². The number of hydrogen-bond acceptors (Lipinski definition) is 3. The lowest BCUT2D eigenvalue weighted by Gasteiger charge is -2.16. The Bertz CT molecular complexity index is 1220. The molecule has 32 heavy (non-hydrogen) atoms. The molecule has 0 aliphatic carbocycles. The Kier molecular flexibility index (Phi) is 6.46. The number of nitrogens with one attached hydrogen (secondary N) is 1. The van der Waals surface area contributed by atoms with Gasteiger partial charge in [0.25, 0.3) is 5.91 Å². The van der Waals surface area contributed by atoms with E-state index < -0.39 is 11.9 Å². The van der Waals surface area contributed by atoms with Crippen LogP contribution in [-0.4, -0.2) is 17.9 Å². The average molecular weight is 425 g/mol. The van der Waals surface area contributed by atoms with E-state index in [9.17, 15) is 9.59 Å². The van der Waals surface area contributed by atoms with Gasteiger partial charge in [-0.2, -0.15) is 0 Å². The van der Waals surface area contributed by atoms with Crippen LogP contribution in [0, 0.1) is 0 Å². The summed E-state index contributed by atoms with van der Waals surface area (Å²) in [7, 11) is 0. The molecule has 4 rings (SSSR count). The maximum atomic E-state index is 12.7. The van der Waals surface area contributed by atoms with Gasteiger partial charge in [0.1, 0.15) is 18.4 Å². The molecule has 0 fully saturated rings. The van der Waals surface area contributed by atoms with Gasteiger partial charge in [0.05, 0.1) is 0 Å². The molecular weight excluding hydrogens is 400 g/mol. The molecule has 5 nitrogen and oxygen atoms in total. The fourth-order valence-electron chi connectivity index (χ4n) is 3.49. The second kappa shape index (κ2) is 9.79. The first-order chi connectivity index (χ1) is 15.6. The van der Waals surface area contributed by atoms with Crippen molar-refractivity contribution in [1.29, 1.82) is 0 Å². The number of fused-ring (bicyclic) bond motifs is 1. The molecule has 3 N–H and O–H groups in total. The highest BCUT2D eigenvalue weighted by molar-refractivity contribution is 6.00. The number of benzene rings is 4. The average Bonchev–Trinajstić information content (AvgIpc) is 2.83. The molecule has 0 saturated carbocycles. The van der Waals surface area contributed by atoms with Gasteiger partial charge in [0, 0.05) is 12.0 Å². The summed E-state index contributed by atoms with van der Waals surface area (Å²) in [5.41, 5.74) is 8.01.